The highest BCUT2D eigenvalue weighted by molar-refractivity contribution is 8.00. The number of carbonyl (C=O) groups is 3. The lowest BCUT2D eigenvalue weighted by molar-refractivity contribution is -0.116. The van der Waals surface area contributed by atoms with Gasteiger partial charge in [0.05, 0.1) is 20.8 Å². The standard InChI is InChI=1S/C40H37N3O6S/c1-4-49-32-22-19-30(20-23-32)41-40(46)37(27-12-7-5-8-13-27)50-34-17-11-16-31(25-34)42-39(45)35(43-38(44)28-14-9-6-10-15-28)24-29-18-21-33(47-2)26-36(29)48-3/h5-26,37H,4H2,1-3H3,(H,41,46)(H,42,45)(H,43,44)/b35-24+. The first-order valence-corrected chi connectivity index (χ1v) is 16.7. The van der Waals surface area contributed by atoms with Crippen LogP contribution in [0, 0.1) is 0 Å². The zero-order valence-corrected chi connectivity index (χ0v) is 28.7. The highest BCUT2D eigenvalue weighted by Gasteiger charge is 2.23. The molecule has 10 heteroatoms. The molecule has 0 bridgehead atoms. The second-order valence-corrected chi connectivity index (χ2v) is 12.0. The minimum Gasteiger partial charge on any atom is -0.497 e. The Morgan fingerprint density at radius 2 is 1.42 bits per heavy atom. The summed E-state index contributed by atoms with van der Waals surface area (Å²) in [5.41, 5.74) is 2.88. The number of hydrogen-bond acceptors (Lipinski definition) is 7. The number of amides is 3. The molecule has 0 heterocycles. The van der Waals surface area contributed by atoms with Crippen LogP contribution in [0.5, 0.6) is 17.2 Å². The molecule has 3 amide bonds. The average molecular weight is 688 g/mol. The van der Waals surface area contributed by atoms with E-state index in [1.54, 1.807) is 92.0 Å². The van der Waals surface area contributed by atoms with Crippen LogP contribution < -0.4 is 30.2 Å². The summed E-state index contributed by atoms with van der Waals surface area (Å²) in [7, 11) is 3.06. The molecule has 5 rings (SSSR count). The number of hydrogen-bond donors (Lipinski definition) is 3. The molecule has 0 aliphatic carbocycles. The van der Waals surface area contributed by atoms with Gasteiger partial charge in [0.2, 0.25) is 5.91 Å². The maximum absolute atomic E-state index is 13.8. The van der Waals surface area contributed by atoms with Gasteiger partial charge in [0.25, 0.3) is 11.8 Å². The molecule has 5 aromatic rings. The van der Waals surface area contributed by atoms with Crippen molar-refractivity contribution in [3.63, 3.8) is 0 Å². The van der Waals surface area contributed by atoms with E-state index in [1.165, 1.54) is 18.9 Å². The number of benzene rings is 5. The zero-order chi connectivity index (χ0) is 35.3. The molecule has 0 saturated heterocycles. The summed E-state index contributed by atoms with van der Waals surface area (Å²) in [6.07, 6.45) is 1.55. The molecular weight excluding hydrogens is 651 g/mol. The predicted molar refractivity (Wildman–Crippen MR) is 198 cm³/mol. The summed E-state index contributed by atoms with van der Waals surface area (Å²) in [6, 6.07) is 37.7. The van der Waals surface area contributed by atoms with Gasteiger partial charge in [0.1, 0.15) is 28.2 Å². The van der Waals surface area contributed by atoms with Crippen LogP contribution in [0.3, 0.4) is 0 Å². The Bertz CT molecular complexity index is 1950. The topological polar surface area (TPSA) is 115 Å². The molecule has 0 radical (unpaired) electrons. The number of ether oxygens (including phenoxy) is 3. The Kier molecular flexibility index (Phi) is 12.3. The molecule has 1 atom stereocenters. The summed E-state index contributed by atoms with van der Waals surface area (Å²) in [6.45, 7) is 2.46. The second-order valence-electron chi connectivity index (χ2n) is 10.8. The van der Waals surface area contributed by atoms with Crippen molar-refractivity contribution in [2.75, 3.05) is 31.5 Å². The first-order valence-electron chi connectivity index (χ1n) is 15.8. The van der Waals surface area contributed by atoms with Gasteiger partial charge in [0, 0.05) is 33.5 Å². The fraction of sp³-hybridized carbons (Fsp3) is 0.125. The fourth-order valence-electron chi connectivity index (χ4n) is 4.93. The minimum atomic E-state index is -0.600. The van der Waals surface area contributed by atoms with Gasteiger partial charge in [-0.2, -0.15) is 0 Å². The van der Waals surface area contributed by atoms with Crippen LogP contribution in [-0.4, -0.2) is 38.5 Å². The third kappa shape index (κ3) is 9.55. The monoisotopic (exact) mass is 687 g/mol. The van der Waals surface area contributed by atoms with Crippen molar-refractivity contribution in [1.82, 2.24) is 5.32 Å². The van der Waals surface area contributed by atoms with Gasteiger partial charge in [-0.25, -0.2) is 0 Å². The summed E-state index contributed by atoms with van der Waals surface area (Å²) in [5, 5.41) is 8.07. The van der Waals surface area contributed by atoms with E-state index in [1.807, 2.05) is 55.5 Å². The summed E-state index contributed by atoms with van der Waals surface area (Å²) in [4.78, 5) is 41.4. The summed E-state index contributed by atoms with van der Waals surface area (Å²) < 4.78 is 16.4. The van der Waals surface area contributed by atoms with Crippen molar-refractivity contribution in [1.29, 1.82) is 0 Å². The fourth-order valence-corrected chi connectivity index (χ4v) is 6.01. The van der Waals surface area contributed by atoms with Crippen molar-refractivity contribution >= 4 is 46.9 Å². The molecule has 9 nitrogen and oxygen atoms in total. The molecular formula is C40H37N3O6S. The molecule has 0 fully saturated rings. The van der Waals surface area contributed by atoms with Crippen LogP contribution in [-0.2, 0) is 9.59 Å². The van der Waals surface area contributed by atoms with Gasteiger partial charge in [0.15, 0.2) is 0 Å². The van der Waals surface area contributed by atoms with Gasteiger partial charge >= 0.3 is 0 Å². The zero-order valence-electron chi connectivity index (χ0n) is 27.8. The SMILES string of the molecule is CCOc1ccc(NC(=O)C(Sc2cccc(NC(=O)/C(=C\c3ccc(OC)cc3OC)NC(=O)c3ccccc3)c2)c2ccccc2)cc1. The predicted octanol–water partition coefficient (Wildman–Crippen LogP) is 7.98. The molecule has 0 aliphatic rings. The van der Waals surface area contributed by atoms with Gasteiger partial charge in [-0.15, -0.1) is 11.8 Å². The maximum atomic E-state index is 13.8. The van der Waals surface area contributed by atoms with E-state index in [4.69, 9.17) is 14.2 Å². The van der Waals surface area contributed by atoms with Crippen LogP contribution in [0.2, 0.25) is 0 Å². The van der Waals surface area contributed by atoms with Crippen molar-refractivity contribution < 1.29 is 28.6 Å². The minimum absolute atomic E-state index is 0.00253. The lowest BCUT2D eigenvalue weighted by atomic mass is 10.1. The summed E-state index contributed by atoms with van der Waals surface area (Å²) in [5.74, 6) is 0.545. The summed E-state index contributed by atoms with van der Waals surface area (Å²) >= 11 is 1.35. The van der Waals surface area contributed by atoms with Crippen molar-refractivity contribution in [3.05, 3.63) is 150 Å². The van der Waals surface area contributed by atoms with E-state index in [0.29, 0.717) is 40.6 Å². The van der Waals surface area contributed by atoms with Crippen LogP contribution >= 0.6 is 11.8 Å². The Labute approximate surface area is 295 Å². The van der Waals surface area contributed by atoms with Gasteiger partial charge < -0.3 is 30.2 Å². The Balaban J connectivity index is 1.39. The van der Waals surface area contributed by atoms with Crippen LogP contribution in [0.25, 0.3) is 6.08 Å². The smallest absolute Gasteiger partial charge is 0.272 e. The number of nitrogens with one attached hydrogen (secondary N) is 3. The highest BCUT2D eigenvalue weighted by Crippen LogP contribution is 2.37. The first-order chi connectivity index (χ1) is 24.4. The highest BCUT2D eigenvalue weighted by atomic mass is 32.2. The van der Waals surface area contributed by atoms with Crippen LogP contribution in [0.1, 0.15) is 33.7 Å². The Morgan fingerprint density at radius 3 is 2.10 bits per heavy atom. The number of anilines is 2. The van der Waals surface area contributed by atoms with Gasteiger partial charge in [-0.3, -0.25) is 14.4 Å². The molecule has 0 saturated carbocycles. The van der Waals surface area contributed by atoms with Gasteiger partial charge in [-0.05, 0) is 85.3 Å². The van der Waals surface area contributed by atoms with E-state index in [2.05, 4.69) is 16.0 Å². The van der Waals surface area contributed by atoms with E-state index in [0.717, 1.165) is 16.2 Å². The number of thioether (sulfide) groups is 1. The lowest BCUT2D eigenvalue weighted by Gasteiger charge is -2.18. The Hall–Kier alpha value is -6.00. The van der Waals surface area contributed by atoms with Crippen LogP contribution in [0.4, 0.5) is 11.4 Å². The number of carbonyl (C=O) groups excluding carboxylic acids is 3. The van der Waals surface area contributed by atoms with Crippen molar-refractivity contribution in [2.45, 2.75) is 17.1 Å². The third-order valence-electron chi connectivity index (χ3n) is 7.39. The average Bonchev–Trinajstić information content (AvgIpc) is 3.15. The molecule has 50 heavy (non-hydrogen) atoms. The molecule has 3 N–H and O–H groups in total. The van der Waals surface area contributed by atoms with E-state index in [-0.39, 0.29) is 11.6 Å². The normalized spacial score (nSPS) is 11.5. The molecule has 0 aromatic heterocycles. The van der Waals surface area contributed by atoms with E-state index < -0.39 is 17.1 Å². The number of methoxy groups -OCH3 is 2. The van der Waals surface area contributed by atoms with Gasteiger partial charge in [-0.1, -0.05) is 54.6 Å². The van der Waals surface area contributed by atoms with Crippen LogP contribution in [0.15, 0.2) is 138 Å². The molecule has 5 aromatic carbocycles. The Morgan fingerprint density at radius 1 is 0.720 bits per heavy atom. The maximum Gasteiger partial charge on any atom is 0.272 e. The second kappa shape index (κ2) is 17.4. The lowest BCUT2D eigenvalue weighted by Crippen LogP contribution is -2.30. The quantitative estimate of drug-likeness (QED) is 0.0801. The number of rotatable bonds is 14. The first kappa shape index (κ1) is 35.3. The van der Waals surface area contributed by atoms with E-state index >= 15 is 0 Å². The molecule has 254 valence electrons. The molecule has 0 spiro atoms. The third-order valence-corrected chi connectivity index (χ3v) is 8.64. The molecule has 0 aliphatic heterocycles. The van der Waals surface area contributed by atoms with E-state index in [9.17, 15) is 14.4 Å². The van der Waals surface area contributed by atoms with Crippen molar-refractivity contribution in [2.24, 2.45) is 0 Å². The van der Waals surface area contributed by atoms with Crippen molar-refractivity contribution in [3.8, 4) is 17.2 Å². The molecule has 1 unspecified atom stereocenters. The largest absolute Gasteiger partial charge is 0.497 e.